The number of piperidine rings is 1. The van der Waals surface area contributed by atoms with E-state index in [0.717, 1.165) is 70.2 Å². The molecule has 9 heteroatoms. The number of guanidine groups is 1. The molecule has 1 aromatic rings. The van der Waals surface area contributed by atoms with E-state index in [1.807, 2.05) is 12.1 Å². The number of ether oxygens (including phenoxy) is 3. The highest BCUT2D eigenvalue weighted by Crippen LogP contribution is 2.15. The molecule has 0 saturated carbocycles. The number of aliphatic imine (C=N–C) groups is 1. The number of hydrogen-bond acceptors (Lipinski definition) is 5. The number of likely N-dealkylation sites (N-methyl/N-ethyl adjacent to an activating group) is 1. The van der Waals surface area contributed by atoms with E-state index >= 15 is 0 Å². The largest absolute Gasteiger partial charge is 0.497 e. The lowest BCUT2D eigenvalue weighted by molar-refractivity contribution is -0.127. The smallest absolute Gasteiger partial charge is 0.243 e. The van der Waals surface area contributed by atoms with Crippen molar-refractivity contribution >= 4 is 35.8 Å². The van der Waals surface area contributed by atoms with Crippen LogP contribution < -0.4 is 10.1 Å². The third-order valence-corrected chi connectivity index (χ3v) is 5.31. The normalized spacial score (nSPS) is 14.6. The van der Waals surface area contributed by atoms with Crippen LogP contribution in [0, 0.1) is 0 Å². The molecular weight excluding hydrogens is 523 g/mol. The summed E-state index contributed by atoms with van der Waals surface area (Å²) in [5.41, 5.74) is 1.22. The van der Waals surface area contributed by atoms with Gasteiger partial charge in [0.1, 0.15) is 12.3 Å². The van der Waals surface area contributed by atoms with Crippen LogP contribution in [0.4, 0.5) is 0 Å². The molecule has 1 aliphatic heterocycles. The van der Waals surface area contributed by atoms with Crippen LogP contribution in [-0.4, -0.2) is 95.5 Å². The maximum atomic E-state index is 12.0. The zero-order valence-corrected chi connectivity index (χ0v) is 22.2. The Morgan fingerprint density at radius 2 is 1.84 bits per heavy atom. The third-order valence-electron chi connectivity index (χ3n) is 5.31. The van der Waals surface area contributed by atoms with Crippen molar-refractivity contribution < 1.29 is 19.0 Å². The maximum Gasteiger partial charge on any atom is 0.243 e. The number of carbonyl (C=O) groups excluding carboxylic acids is 1. The fourth-order valence-electron chi connectivity index (χ4n) is 3.35. The Bertz CT molecular complexity index is 677. The molecule has 1 fully saturated rings. The van der Waals surface area contributed by atoms with Gasteiger partial charge in [-0.2, -0.15) is 0 Å². The highest BCUT2D eigenvalue weighted by atomic mass is 127. The van der Waals surface area contributed by atoms with Crippen LogP contribution in [0.2, 0.25) is 0 Å². The molecule has 2 rings (SSSR count). The van der Waals surface area contributed by atoms with E-state index in [4.69, 9.17) is 14.2 Å². The number of halogens is 1. The molecule has 1 saturated heterocycles. The monoisotopic (exact) mass is 562 g/mol. The van der Waals surface area contributed by atoms with E-state index < -0.39 is 0 Å². The summed E-state index contributed by atoms with van der Waals surface area (Å²) in [6.07, 6.45) is 3.96. The molecule has 1 aromatic carbocycles. The average Bonchev–Trinajstić information content (AvgIpc) is 2.79. The molecule has 1 heterocycles. The molecule has 0 bridgehead atoms. The first-order valence-electron chi connectivity index (χ1n) is 11.0. The lowest BCUT2D eigenvalue weighted by Gasteiger charge is -2.34. The van der Waals surface area contributed by atoms with Gasteiger partial charge in [0.05, 0.1) is 13.2 Å². The van der Waals surface area contributed by atoms with Crippen LogP contribution >= 0.6 is 24.0 Å². The summed E-state index contributed by atoms with van der Waals surface area (Å²) in [5, 5.41) is 3.45. The van der Waals surface area contributed by atoms with Crippen molar-refractivity contribution in [3.63, 3.8) is 0 Å². The summed E-state index contributed by atoms with van der Waals surface area (Å²) in [4.78, 5) is 20.4. The second-order valence-corrected chi connectivity index (χ2v) is 7.86. The van der Waals surface area contributed by atoms with Crippen LogP contribution in [0.5, 0.6) is 5.75 Å². The van der Waals surface area contributed by atoms with E-state index in [0.29, 0.717) is 0 Å². The number of amides is 1. The van der Waals surface area contributed by atoms with Crippen molar-refractivity contribution in [3.8, 4) is 5.75 Å². The van der Waals surface area contributed by atoms with Gasteiger partial charge in [0.15, 0.2) is 5.96 Å². The lowest BCUT2D eigenvalue weighted by Crippen LogP contribution is -2.48. The maximum absolute atomic E-state index is 12.0. The topological polar surface area (TPSA) is 75.6 Å². The number of methoxy groups -OCH3 is 2. The summed E-state index contributed by atoms with van der Waals surface area (Å²) in [6, 6.07) is 8.08. The zero-order chi connectivity index (χ0) is 22.5. The fraction of sp³-hybridized carbons (Fsp3) is 0.652. The number of rotatable bonds is 11. The van der Waals surface area contributed by atoms with Crippen LogP contribution in [0.15, 0.2) is 29.3 Å². The minimum Gasteiger partial charge on any atom is -0.497 e. The molecule has 1 aliphatic rings. The Kier molecular flexibility index (Phi) is 14.3. The quantitative estimate of drug-likeness (QED) is 0.193. The van der Waals surface area contributed by atoms with Gasteiger partial charge in [-0.05, 0) is 43.4 Å². The predicted molar refractivity (Wildman–Crippen MR) is 138 cm³/mol. The Labute approximate surface area is 209 Å². The third kappa shape index (κ3) is 10.4. The first kappa shape index (κ1) is 28.4. The van der Waals surface area contributed by atoms with E-state index in [9.17, 15) is 4.79 Å². The van der Waals surface area contributed by atoms with Crippen LogP contribution in [0.1, 0.15) is 24.8 Å². The summed E-state index contributed by atoms with van der Waals surface area (Å²) in [7, 11) is 6.88. The number of nitrogens with zero attached hydrogens (tertiary/aromatic N) is 3. The molecule has 0 atom stereocenters. The molecule has 0 spiro atoms. The Hall–Kier alpha value is -1.59. The van der Waals surface area contributed by atoms with Crippen LogP contribution in [0.3, 0.4) is 0 Å². The minimum absolute atomic E-state index is 0. The molecular formula is C23H39IN4O4. The lowest BCUT2D eigenvalue weighted by atomic mass is 10.1. The number of benzene rings is 1. The van der Waals surface area contributed by atoms with Crippen LogP contribution in [0.25, 0.3) is 0 Å². The summed E-state index contributed by atoms with van der Waals surface area (Å²) >= 11 is 0. The van der Waals surface area contributed by atoms with Gasteiger partial charge in [-0.1, -0.05) is 12.1 Å². The summed E-state index contributed by atoms with van der Waals surface area (Å²) in [5.74, 6) is 1.64. The Balaban J connectivity index is 0.00000512. The first-order valence-corrected chi connectivity index (χ1v) is 11.0. The summed E-state index contributed by atoms with van der Waals surface area (Å²) < 4.78 is 16.3. The van der Waals surface area contributed by atoms with Gasteiger partial charge in [-0.3, -0.25) is 4.79 Å². The first-order chi connectivity index (χ1) is 15.0. The number of nitrogens with one attached hydrogen (secondary N) is 1. The second-order valence-electron chi connectivity index (χ2n) is 7.86. The molecule has 1 amide bonds. The fourth-order valence-corrected chi connectivity index (χ4v) is 3.35. The van der Waals surface area contributed by atoms with Crippen molar-refractivity contribution in [2.24, 2.45) is 4.99 Å². The Morgan fingerprint density at radius 1 is 1.16 bits per heavy atom. The number of carbonyl (C=O) groups is 1. The van der Waals surface area contributed by atoms with Gasteiger partial charge in [0.25, 0.3) is 0 Å². The van der Waals surface area contributed by atoms with Gasteiger partial charge in [0, 0.05) is 54.1 Å². The van der Waals surface area contributed by atoms with Crippen molar-refractivity contribution in [1.29, 1.82) is 0 Å². The molecule has 1 N–H and O–H groups in total. The van der Waals surface area contributed by atoms with E-state index in [2.05, 4.69) is 27.3 Å². The molecule has 32 heavy (non-hydrogen) atoms. The van der Waals surface area contributed by atoms with Gasteiger partial charge in [-0.15, -0.1) is 24.0 Å². The van der Waals surface area contributed by atoms with Crippen molar-refractivity contribution in [2.45, 2.75) is 31.8 Å². The highest BCUT2D eigenvalue weighted by molar-refractivity contribution is 14.0. The zero-order valence-electron chi connectivity index (χ0n) is 19.8. The van der Waals surface area contributed by atoms with Gasteiger partial charge < -0.3 is 29.3 Å². The Morgan fingerprint density at radius 3 is 2.44 bits per heavy atom. The molecule has 0 unspecified atom stereocenters. The standard InChI is InChI=1S/C23H38N4O4.HI/c1-26(2)22(28)18-25-23(24-13-10-19-6-8-20(30-4)9-7-19)27-14-11-21(12-15-27)31-17-5-16-29-3;/h6-9,21H,5,10-18H2,1-4H3,(H,24,25);1H. The average molecular weight is 562 g/mol. The molecule has 0 aromatic heterocycles. The van der Waals surface area contributed by atoms with Crippen molar-refractivity contribution in [2.75, 3.05) is 67.7 Å². The van der Waals surface area contributed by atoms with Crippen LogP contribution in [-0.2, 0) is 20.7 Å². The van der Waals surface area contributed by atoms with Gasteiger partial charge in [-0.25, -0.2) is 4.99 Å². The van der Waals surface area contributed by atoms with E-state index in [1.165, 1.54) is 5.56 Å². The van der Waals surface area contributed by atoms with Gasteiger partial charge in [0.2, 0.25) is 5.91 Å². The number of likely N-dealkylation sites (tertiary alicyclic amines) is 1. The highest BCUT2D eigenvalue weighted by Gasteiger charge is 2.22. The van der Waals surface area contributed by atoms with E-state index in [1.54, 1.807) is 33.2 Å². The second kappa shape index (κ2) is 16.1. The predicted octanol–water partition coefficient (Wildman–Crippen LogP) is 2.41. The summed E-state index contributed by atoms with van der Waals surface area (Å²) in [6.45, 7) is 4.07. The molecule has 0 radical (unpaired) electrons. The van der Waals surface area contributed by atoms with Crippen molar-refractivity contribution in [3.05, 3.63) is 29.8 Å². The SMILES string of the molecule is COCCCOC1CCN(C(=NCC(=O)N(C)C)NCCc2ccc(OC)cc2)CC1.I. The van der Waals surface area contributed by atoms with Crippen molar-refractivity contribution in [1.82, 2.24) is 15.1 Å². The molecule has 182 valence electrons. The minimum atomic E-state index is -0.00850. The molecule has 8 nitrogen and oxygen atoms in total. The van der Waals surface area contributed by atoms with Gasteiger partial charge >= 0.3 is 0 Å². The molecule has 0 aliphatic carbocycles. The number of hydrogen-bond donors (Lipinski definition) is 1. The van der Waals surface area contributed by atoms with E-state index in [-0.39, 0.29) is 42.5 Å².